The van der Waals surface area contributed by atoms with Gasteiger partial charge in [0.05, 0.1) is 11.9 Å². The van der Waals surface area contributed by atoms with Crippen molar-refractivity contribution in [3.05, 3.63) is 17.6 Å². The molecule has 60 valence electrons. The van der Waals surface area contributed by atoms with Crippen LogP contribution in [0.3, 0.4) is 0 Å². The van der Waals surface area contributed by atoms with E-state index in [1.807, 2.05) is 0 Å². The first-order valence-corrected chi connectivity index (χ1v) is 2.98. The third kappa shape index (κ3) is 1.60. The quantitative estimate of drug-likeness (QED) is 0.672. The molecule has 1 aromatic rings. The maximum absolute atomic E-state index is 11.9. The predicted molar refractivity (Wildman–Crippen MR) is 36.1 cm³/mol. The minimum Gasteiger partial charge on any atom is -0.382 e. The zero-order valence-electron chi connectivity index (χ0n) is 5.88. The van der Waals surface area contributed by atoms with E-state index >= 15 is 0 Å². The molecule has 0 spiro atoms. The van der Waals surface area contributed by atoms with Gasteiger partial charge < -0.3 is 5.73 Å². The molecule has 2 N–H and O–H groups in total. The fourth-order valence-corrected chi connectivity index (χ4v) is 0.583. The van der Waals surface area contributed by atoms with Gasteiger partial charge in [-0.15, -0.1) is 0 Å². The second kappa shape index (κ2) is 2.77. The van der Waals surface area contributed by atoms with Crippen molar-refractivity contribution in [3.8, 4) is 0 Å². The van der Waals surface area contributed by atoms with Gasteiger partial charge in [-0.05, 0) is 6.92 Å². The SMILES string of the molecule is Cc1ncc(C(F)F)nc1N. The van der Waals surface area contributed by atoms with Crippen molar-refractivity contribution in [2.45, 2.75) is 13.3 Å². The zero-order valence-corrected chi connectivity index (χ0v) is 5.88. The molecule has 0 aliphatic rings. The second-order valence-corrected chi connectivity index (χ2v) is 2.07. The Morgan fingerprint density at radius 2 is 2.18 bits per heavy atom. The van der Waals surface area contributed by atoms with Crippen LogP contribution in [0.4, 0.5) is 14.6 Å². The van der Waals surface area contributed by atoms with Gasteiger partial charge >= 0.3 is 0 Å². The van der Waals surface area contributed by atoms with Crippen LogP contribution in [0.1, 0.15) is 17.8 Å². The van der Waals surface area contributed by atoms with Crippen LogP contribution in [0, 0.1) is 6.92 Å². The molecule has 1 rings (SSSR count). The molecular formula is C6H7F2N3. The van der Waals surface area contributed by atoms with Crippen LogP contribution in [-0.4, -0.2) is 9.97 Å². The first kappa shape index (κ1) is 7.84. The van der Waals surface area contributed by atoms with Crippen LogP contribution in [-0.2, 0) is 0 Å². The van der Waals surface area contributed by atoms with E-state index in [0.29, 0.717) is 5.69 Å². The Bertz CT molecular complexity index is 262. The Kier molecular flexibility index (Phi) is 1.98. The molecule has 0 fully saturated rings. The smallest absolute Gasteiger partial charge is 0.281 e. The molecule has 0 aliphatic heterocycles. The van der Waals surface area contributed by atoms with Crippen molar-refractivity contribution < 1.29 is 8.78 Å². The van der Waals surface area contributed by atoms with E-state index in [1.54, 1.807) is 6.92 Å². The zero-order chi connectivity index (χ0) is 8.43. The first-order valence-electron chi connectivity index (χ1n) is 2.98. The van der Waals surface area contributed by atoms with Crippen LogP contribution >= 0.6 is 0 Å². The van der Waals surface area contributed by atoms with E-state index in [9.17, 15) is 8.78 Å². The number of hydrogen-bond acceptors (Lipinski definition) is 3. The molecule has 5 heteroatoms. The van der Waals surface area contributed by atoms with Crippen molar-refractivity contribution >= 4 is 5.82 Å². The lowest BCUT2D eigenvalue weighted by molar-refractivity contribution is 0.145. The average Bonchev–Trinajstić information content (AvgIpc) is 1.94. The maximum Gasteiger partial charge on any atom is 0.281 e. The molecule has 0 saturated heterocycles. The third-order valence-electron chi connectivity index (χ3n) is 1.23. The van der Waals surface area contributed by atoms with Gasteiger partial charge in [0.1, 0.15) is 11.5 Å². The van der Waals surface area contributed by atoms with Gasteiger partial charge in [-0.3, -0.25) is 4.98 Å². The number of aryl methyl sites for hydroxylation is 1. The van der Waals surface area contributed by atoms with Gasteiger partial charge in [-0.25, -0.2) is 13.8 Å². The van der Waals surface area contributed by atoms with E-state index in [0.717, 1.165) is 6.20 Å². The Labute approximate surface area is 62.3 Å². The monoisotopic (exact) mass is 159 g/mol. The van der Waals surface area contributed by atoms with Crippen LogP contribution in [0.25, 0.3) is 0 Å². The molecule has 0 radical (unpaired) electrons. The summed E-state index contributed by atoms with van der Waals surface area (Å²) in [6, 6.07) is 0. The molecule has 0 amide bonds. The molecule has 0 unspecified atom stereocenters. The van der Waals surface area contributed by atoms with Gasteiger partial charge in [0.2, 0.25) is 0 Å². The van der Waals surface area contributed by atoms with E-state index in [1.165, 1.54) is 0 Å². The summed E-state index contributed by atoms with van der Waals surface area (Å²) >= 11 is 0. The summed E-state index contributed by atoms with van der Waals surface area (Å²) in [4.78, 5) is 7.07. The van der Waals surface area contributed by atoms with Crippen molar-refractivity contribution in [2.75, 3.05) is 5.73 Å². The van der Waals surface area contributed by atoms with Crippen molar-refractivity contribution in [1.29, 1.82) is 0 Å². The minimum absolute atomic E-state index is 0.0581. The lowest BCUT2D eigenvalue weighted by atomic mass is 10.4. The lowest BCUT2D eigenvalue weighted by Crippen LogP contribution is -2.00. The lowest BCUT2D eigenvalue weighted by Gasteiger charge is -2.00. The minimum atomic E-state index is -2.61. The highest BCUT2D eigenvalue weighted by Crippen LogP contribution is 2.16. The Morgan fingerprint density at radius 1 is 1.55 bits per heavy atom. The second-order valence-electron chi connectivity index (χ2n) is 2.07. The van der Waals surface area contributed by atoms with Crippen molar-refractivity contribution in [2.24, 2.45) is 0 Å². The maximum atomic E-state index is 11.9. The number of rotatable bonds is 1. The third-order valence-corrected chi connectivity index (χ3v) is 1.23. The molecule has 3 nitrogen and oxygen atoms in total. The van der Waals surface area contributed by atoms with Crippen LogP contribution in [0.15, 0.2) is 6.20 Å². The van der Waals surface area contributed by atoms with Gasteiger partial charge in [-0.1, -0.05) is 0 Å². The summed E-state index contributed by atoms with van der Waals surface area (Å²) in [6.07, 6.45) is -1.58. The summed E-state index contributed by atoms with van der Waals surface area (Å²) in [7, 11) is 0. The van der Waals surface area contributed by atoms with Crippen molar-refractivity contribution in [3.63, 3.8) is 0 Å². The summed E-state index contributed by atoms with van der Waals surface area (Å²) in [5, 5.41) is 0. The molecule has 11 heavy (non-hydrogen) atoms. The molecule has 1 aromatic heterocycles. The van der Waals surface area contributed by atoms with E-state index < -0.39 is 6.43 Å². The molecule has 0 aliphatic carbocycles. The summed E-state index contributed by atoms with van der Waals surface area (Å²) in [5.41, 5.74) is 5.34. The molecule has 0 atom stereocenters. The highest BCUT2D eigenvalue weighted by molar-refractivity contribution is 5.33. The standard InChI is InChI=1S/C6H7F2N3/c1-3-6(9)11-4(2-10-3)5(7)8/h2,5H,1H3,(H2,9,11). The van der Waals surface area contributed by atoms with Gasteiger partial charge in [-0.2, -0.15) is 0 Å². The normalized spacial score (nSPS) is 10.5. The van der Waals surface area contributed by atoms with Crippen LogP contribution in [0.5, 0.6) is 0 Å². The van der Waals surface area contributed by atoms with E-state index in [2.05, 4.69) is 9.97 Å². The highest BCUT2D eigenvalue weighted by atomic mass is 19.3. The molecular weight excluding hydrogens is 152 g/mol. The highest BCUT2D eigenvalue weighted by Gasteiger charge is 2.09. The largest absolute Gasteiger partial charge is 0.382 e. The Hall–Kier alpha value is -1.26. The number of nitrogens with zero attached hydrogens (tertiary/aromatic N) is 2. The summed E-state index contributed by atoms with van der Waals surface area (Å²) in [5.74, 6) is 0.0581. The average molecular weight is 159 g/mol. The van der Waals surface area contributed by atoms with Gasteiger partial charge in [0.25, 0.3) is 6.43 Å². The Morgan fingerprint density at radius 3 is 2.64 bits per heavy atom. The van der Waals surface area contributed by atoms with E-state index in [4.69, 9.17) is 5.73 Å². The summed E-state index contributed by atoms with van der Waals surface area (Å²) < 4.78 is 23.8. The van der Waals surface area contributed by atoms with Gasteiger partial charge in [0, 0.05) is 0 Å². The number of nitrogens with two attached hydrogens (primary N) is 1. The number of alkyl halides is 2. The number of halogens is 2. The fraction of sp³-hybridized carbons (Fsp3) is 0.333. The van der Waals surface area contributed by atoms with Crippen molar-refractivity contribution in [1.82, 2.24) is 9.97 Å². The number of aromatic nitrogens is 2. The predicted octanol–water partition coefficient (Wildman–Crippen LogP) is 1.30. The van der Waals surface area contributed by atoms with E-state index in [-0.39, 0.29) is 11.5 Å². The van der Waals surface area contributed by atoms with Crippen LogP contribution in [0.2, 0.25) is 0 Å². The molecule has 1 heterocycles. The number of nitrogen functional groups attached to an aromatic ring is 1. The topological polar surface area (TPSA) is 51.8 Å². The fourth-order valence-electron chi connectivity index (χ4n) is 0.583. The number of anilines is 1. The molecule has 0 aromatic carbocycles. The summed E-state index contributed by atoms with van der Waals surface area (Å²) in [6.45, 7) is 1.61. The Balaban J connectivity index is 3.05. The van der Waals surface area contributed by atoms with Crippen LogP contribution < -0.4 is 5.73 Å². The number of hydrogen-bond donors (Lipinski definition) is 1. The molecule has 0 saturated carbocycles. The first-order chi connectivity index (χ1) is 5.11. The van der Waals surface area contributed by atoms with Gasteiger partial charge in [0.15, 0.2) is 0 Å². The molecule has 0 bridgehead atoms.